The smallest absolute Gasteiger partial charge is 0.263 e. The molecule has 5 aromatic rings. The zero-order chi connectivity index (χ0) is 27.0. The van der Waals surface area contributed by atoms with Crippen molar-refractivity contribution < 1.29 is 8.78 Å². The number of aromatic nitrogens is 3. The van der Waals surface area contributed by atoms with Crippen LogP contribution in [0.25, 0.3) is 27.8 Å². The minimum Gasteiger partial charge on any atom is -0.368 e. The molecule has 9 heteroatoms. The molecule has 1 atom stereocenters. The third-order valence-corrected chi connectivity index (χ3v) is 6.34. The number of hydrogen-bond acceptors (Lipinski definition) is 6. The lowest BCUT2D eigenvalue weighted by Crippen LogP contribution is -2.23. The van der Waals surface area contributed by atoms with Crippen LogP contribution in [0.1, 0.15) is 29.8 Å². The maximum absolute atomic E-state index is 14.4. The van der Waals surface area contributed by atoms with Gasteiger partial charge in [-0.25, -0.2) is 13.8 Å². The van der Waals surface area contributed by atoms with Crippen molar-refractivity contribution in [3.05, 3.63) is 112 Å². The number of hydrogen-bond donors (Lipinski definition) is 2. The molecule has 0 radical (unpaired) electrons. The van der Waals surface area contributed by atoms with Crippen molar-refractivity contribution >= 4 is 17.3 Å². The molecule has 188 valence electrons. The van der Waals surface area contributed by atoms with Crippen molar-refractivity contribution in [1.82, 2.24) is 14.4 Å². The molecular formula is C29H22F2N6O. The van der Waals surface area contributed by atoms with Crippen LogP contribution in [0.2, 0.25) is 0 Å². The van der Waals surface area contributed by atoms with Gasteiger partial charge in [-0.05, 0) is 54.8 Å². The molecule has 0 saturated carbocycles. The van der Waals surface area contributed by atoms with E-state index in [1.54, 1.807) is 43.3 Å². The number of anilines is 2. The number of pyridine rings is 2. The number of nitrogens with two attached hydrogens (primary N) is 1. The van der Waals surface area contributed by atoms with Crippen LogP contribution in [0.15, 0.2) is 77.7 Å². The Hall–Kier alpha value is -5.10. The normalized spacial score (nSPS) is 11.8. The molecule has 0 saturated heterocycles. The van der Waals surface area contributed by atoms with Crippen molar-refractivity contribution in [2.24, 2.45) is 0 Å². The zero-order valence-electron chi connectivity index (χ0n) is 20.5. The molecule has 7 nitrogen and oxygen atoms in total. The van der Waals surface area contributed by atoms with E-state index in [4.69, 9.17) is 5.73 Å². The Balaban J connectivity index is 1.88. The second-order valence-corrected chi connectivity index (χ2v) is 8.81. The molecular weight excluding hydrogens is 486 g/mol. The van der Waals surface area contributed by atoms with Crippen LogP contribution in [0.3, 0.4) is 0 Å². The Labute approximate surface area is 216 Å². The number of nitriles is 1. The van der Waals surface area contributed by atoms with E-state index >= 15 is 0 Å². The Kier molecular flexibility index (Phi) is 6.31. The predicted octanol–water partition coefficient (Wildman–Crippen LogP) is 5.64. The fourth-order valence-electron chi connectivity index (χ4n) is 4.69. The first-order valence-electron chi connectivity index (χ1n) is 11.8. The van der Waals surface area contributed by atoms with Crippen LogP contribution in [0.5, 0.6) is 0 Å². The lowest BCUT2D eigenvalue weighted by atomic mass is 9.88. The molecule has 0 spiro atoms. The quantitative estimate of drug-likeness (QED) is 0.318. The number of rotatable bonds is 5. The summed E-state index contributed by atoms with van der Waals surface area (Å²) in [4.78, 5) is 22.2. The van der Waals surface area contributed by atoms with Gasteiger partial charge in [0, 0.05) is 11.8 Å². The molecule has 0 aliphatic heterocycles. The summed E-state index contributed by atoms with van der Waals surface area (Å²) in [6.45, 7) is 3.48. The Morgan fingerprint density at radius 3 is 2.29 bits per heavy atom. The Morgan fingerprint density at radius 2 is 1.61 bits per heavy atom. The van der Waals surface area contributed by atoms with Crippen molar-refractivity contribution in [1.29, 1.82) is 5.26 Å². The summed E-state index contributed by atoms with van der Waals surface area (Å²) in [5.41, 5.74) is 9.22. The highest BCUT2D eigenvalue weighted by atomic mass is 19.1. The molecule has 0 bridgehead atoms. The summed E-state index contributed by atoms with van der Waals surface area (Å²) >= 11 is 0. The van der Waals surface area contributed by atoms with Gasteiger partial charge in [0.25, 0.3) is 5.56 Å². The SMILES string of the molecule is Cc1nc(N)nc(N[C@@H](C)c2c(-c3ccccc3)c(=O)n3cc(F)ccc3c2-c2ccc(F)cc2)c1C#N. The van der Waals surface area contributed by atoms with Crippen molar-refractivity contribution in [2.75, 3.05) is 11.1 Å². The highest BCUT2D eigenvalue weighted by Crippen LogP contribution is 2.39. The fraction of sp³-hybridized carbons (Fsp3) is 0.103. The second-order valence-electron chi connectivity index (χ2n) is 8.81. The van der Waals surface area contributed by atoms with Gasteiger partial charge >= 0.3 is 0 Å². The lowest BCUT2D eigenvalue weighted by molar-refractivity contribution is 0.618. The van der Waals surface area contributed by atoms with Gasteiger partial charge in [0.15, 0.2) is 0 Å². The van der Waals surface area contributed by atoms with E-state index in [2.05, 4.69) is 21.4 Å². The van der Waals surface area contributed by atoms with Crippen LogP contribution in [0.4, 0.5) is 20.5 Å². The van der Waals surface area contributed by atoms with E-state index < -0.39 is 23.2 Å². The van der Waals surface area contributed by atoms with Gasteiger partial charge in [0.2, 0.25) is 5.95 Å². The predicted molar refractivity (Wildman–Crippen MR) is 142 cm³/mol. The summed E-state index contributed by atoms with van der Waals surface area (Å²) in [6.07, 6.45) is 1.14. The molecule has 0 aliphatic carbocycles. The van der Waals surface area contributed by atoms with E-state index in [-0.39, 0.29) is 17.3 Å². The number of nitrogen functional groups attached to an aromatic ring is 1. The van der Waals surface area contributed by atoms with E-state index in [0.29, 0.717) is 39.0 Å². The van der Waals surface area contributed by atoms with E-state index in [1.165, 1.54) is 28.7 Å². The first-order chi connectivity index (χ1) is 18.3. The molecule has 0 unspecified atom stereocenters. The van der Waals surface area contributed by atoms with E-state index in [9.17, 15) is 18.8 Å². The highest BCUT2D eigenvalue weighted by Gasteiger charge is 2.26. The van der Waals surface area contributed by atoms with Crippen LogP contribution in [-0.2, 0) is 0 Å². The van der Waals surface area contributed by atoms with Crippen LogP contribution in [-0.4, -0.2) is 14.4 Å². The zero-order valence-corrected chi connectivity index (χ0v) is 20.5. The number of halogens is 2. The number of nitrogens with zero attached hydrogens (tertiary/aromatic N) is 4. The number of fused-ring (bicyclic) bond motifs is 1. The van der Waals surface area contributed by atoms with Crippen LogP contribution >= 0.6 is 0 Å². The second kappa shape index (κ2) is 9.75. The topological polar surface area (TPSA) is 109 Å². The van der Waals surface area contributed by atoms with Gasteiger partial charge < -0.3 is 11.1 Å². The maximum Gasteiger partial charge on any atom is 0.263 e. The summed E-state index contributed by atoms with van der Waals surface area (Å²) in [6, 6.07) is 19.2. The largest absolute Gasteiger partial charge is 0.368 e. The third-order valence-electron chi connectivity index (χ3n) is 6.34. The standard InChI is InChI=1S/C29H22F2N6O/c1-16-22(14-32)27(36-29(33)35-16)34-17(2)24-25(19-8-10-20(30)11-9-19)23-13-12-21(31)15-37(23)28(38)26(24)18-6-4-3-5-7-18/h3-13,15,17H,1-2H3,(H3,33,34,35,36)/t17-/m0/s1. The number of benzene rings is 2. The molecule has 0 fully saturated rings. The van der Waals surface area contributed by atoms with Crippen molar-refractivity contribution in [3.63, 3.8) is 0 Å². The van der Waals surface area contributed by atoms with E-state index in [1.807, 2.05) is 13.0 Å². The summed E-state index contributed by atoms with van der Waals surface area (Å²) < 4.78 is 29.5. The summed E-state index contributed by atoms with van der Waals surface area (Å²) in [5.74, 6) is -0.785. The minimum atomic E-state index is -0.603. The van der Waals surface area contributed by atoms with Crippen LogP contribution < -0.4 is 16.6 Å². The molecule has 2 aromatic carbocycles. The average molecular weight is 509 g/mol. The minimum absolute atomic E-state index is 0.00713. The Bertz CT molecular complexity index is 1780. The monoisotopic (exact) mass is 508 g/mol. The molecule has 3 aromatic heterocycles. The molecule has 38 heavy (non-hydrogen) atoms. The first-order valence-corrected chi connectivity index (χ1v) is 11.8. The van der Waals surface area contributed by atoms with Gasteiger partial charge in [-0.1, -0.05) is 42.5 Å². The van der Waals surface area contributed by atoms with Gasteiger partial charge in [-0.3, -0.25) is 9.20 Å². The maximum atomic E-state index is 14.4. The van der Waals surface area contributed by atoms with Gasteiger partial charge in [-0.2, -0.15) is 10.2 Å². The van der Waals surface area contributed by atoms with Gasteiger partial charge in [-0.15, -0.1) is 0 Å². The molecule has 0 aliphatic rings. The Morgan fingerprint density at radius 1 is 0.947 bits per heavy atom. The summed E-state index contributed by atoms with van der Waals surface area (Å²) in [5, 5.41) is 13.0. The first kappa shape index (κ1) is 24.6. The fourth-order valence-corrected chi connectivity index (χ4v) is 4.69. The number of aryl methyl sites for hydroxylation is 1. The molecule has 3 N–H and O–H groups in total. The van der Waals surface area contributed by atoms with Crippen molar-refractivity contribution in [2.45, 2.75) is 19.9 Å². The summed E-state index contributed by atoms with van der Waals surface area (Å²) in [7, 11) is 0. The van der Waals surface area contributed by atoms with Crippen molar-refractivity contribution in [3.8, 4) is 28.3 Å². The lowest BCUT2D eigenvalue weighted by Gasteiger charge is -2.25. The molecule has 3 heterocycles. The third kappa shape index (κ3) is 4.33. The van der Waals surface area contributed by atoms with Crippen LogP contribution in [0, 0.1) is 29.9 Å². The number of nitrogens with one attached hydrogen (secondary N) is 1. The molecule has 0 amide bonds. The molecule has 5 rings (SSSR count). The average Bonchev–Trinajstić information content (AvgIpc) is 2.89. The van der Waals surface area contributed by atoms with Gasteiger partial charge in [0.1, 0.15) is 29.1 Å². The highest BCUT2D eigenvalue weighted by molar-refractivity contribution is 5.89. The van der Waals surface area contributed by atoms with Gasteiger partial charge in [0.05, 0.1) is 22.8 Å². The van der Waals surface area contributed by atoms with E-state index in [0.717, 1.165) is 6.20 Å².